The van der Waals surface area contributed by atoms with Crippen molar-refractivity contribution in [3.05, 3.63) is 110 Å². The lowest BCUT2D eigenvalue weighted by Crippen LogP contribution is -2.19. The van der Waals surface area contributed by atoms with Gasteiger partial charge in [-0.15, -0.1) is 0 Å². The Kier molecular flexibility index (Phi) is 7.34. The summed E-state index contributed by atoms with van der Waals surface area (Å²) in [6.45, 7) is 0. The van der Waals surface area contributed by atoms with Crippen molar-refractivity contribution in [2.45, 2.75) is 6.42 Å². The SMILES string of the molecule is COc1cc(/C=N/NC(=O)Cc2cccc3ccccc23)ccc1Oc1ccc([N+](=O)[O-])cc1[N+](=O)[O-]. The topological polar surface area (TPSA) is 146 Å². The molecule has 0 aliphatic heterocycles. The first-order chi connectivity index (χ1) is 17.9. The number of hydrazone groups is 1. The number of ether oxygens (including phenoxy) is 2. The van der Waals surface area contributed by atoms with Gasteiger partial charge in [0.05, 0.1) is 35.7 Å². The van der Waals surface area contributed by atoms with Gasteiger partial charge in [0, 0.05) is 6.07 Å². The zero-order valence-corrected chi connectivity index (χ0v) is 19.5. The van der Waals surface area contributed by atoms with Gasteiger partial charge in [0.25, 0.3) is 5.69 Å². The van der Waals surface area contributed by atoms with E-state index < -0.39 is 21.2 Å². The minimum Gasteiger partial charge on any atom is -0.493 e. The summed E-state index contributed by atoms with van der Waals surface area (Å²) in [4.78, 5) is 33.2. The van der Waals surface area contributed by atoms with E-state index in [4.69, 9.17) is 9.47 Å². The number of rotatable bonds is 9. The van der Waals surface area contributed by atoms with Gasteiger partial charge in [-0.25, -0.2) is 5.43 Å². The van der Waals surface area contributed by atoms with E-state index in [0.717, 1.165) is 34.5 Å². The first kappa shape index (κ1) is 24.8. The maximum absolute atomic E-state index is 12.4. The molecule has 11 nitrogen and oxygen atoms in total. The van der Waals surface area contributed by atoms with E-state index in [2.05, 4.69) is 10.5 Å². The molecule has 0 aromatic heterocycles. The highest BCUT2D eigenvalue weighted by molar-refractivity contribution is 5.90. The molecular weight excluding hydrogens is 480 g/mol. The number of non-ortho nitro benzene ring substituents is 1. The molecule has 0 fully saturated rings. The monoisotopic (exact) mass is 500 g/mol. The largest absolute Gasteiger partial charge is 0.493 e. The lowest BCUT2D eigenvalue weighted by Gasteiger charge is -2.11. The Morgan fingerprint density at radius 1 is 0.919 bits per heavy atom. The van der Waals surface area contributed by atoms with E-state index in [1.807, 2.05) is 42.5 Å². The molecule has 0 saturated heterocycles. The van der Waals surface area contributed by atoms with Crippen molar-refractivity contribution < 1.29 is 24.1 Å². The van der Waals surface area contributed by atoms with Crippen LogP contribution in [-0.2, 0) is 11.2 Å². The molecule has 0 bridgehead atoms. The molecule has 0 atom stereocenters. The van der Waals surface area contributed by atoms with Crippen molar-refractivity contribution in [3.63, 3.8) is 0 Å². The van der Waals surface area contributed by atoms with Gasteiger partial charge in [0.2, 0.25) is 11.7 Å². The Morgan fingerprint density at radius 2 is 1.68 bits per heavy atom. The molecule has 0 aliphatic rings. The third-order valence-electron chi connectivity index (χ3n) is 5.39. The van der Waals surface area contributed by atoms with Crippen molar-refractivity contribution >= 4 is 34.3 Å². The summed E-state index contributed by atoms with van der Waals surface area (Å²) in [6, 6.07) is 21.3. The van der Waals surface area contributed by atoms with Crippen LogP contribution in [0.15, 0.2) is 84.0 Å². The van der Waals surface area contributed by atoms with E-state index in [0.29, 0.717) is 5.56 Å². The van der Waals surface area contributed by atoms with Crippen LogP contribution < -0.4 is 14.9 Å². The fourth-order valence-electron chi connectivity index (χ4n) is 3.65. The van der Waals surface area contributed by atoms with E-state index >= 15 is 0 Å². The normalized spacial score (nSPS) is 10.8. The third-order valence-corrected chi connectivity index (χ3v) is 5.39. The Morgan fingerprint density at radius 3 is 2.43 bits per heavy atom. The number of hydrogen-bond donors (Lipinski definition) is 1. The quantitative estimate of drug-likeness (QED) is 0.190. The van der Waals surface area contributed by atoms with Crippen molar-refractivity contribution in [2.75, 3.05) is 7.11 Å². The van der Waals surface area contributed by atoms with Crippen LogP contribution in [0.25, 0.3) is 10.8 Å². The van der Waals surface area contributed by atoms with Crippen LogP contribution in [0, 0.1) is 20.2 Å². The summed E-state index contributed by atoms with van der Waals surface area (Å²) < 4.78 is 10.9. The molecule has 186 valence electrons. The predicted octanol–water partition coefficient (Wildman–Crippen LogP) is 5.15. The fourth-order valence-corrected chi connectivity index (χ4v) is 3.65. The molecule has 0 heterocycles. The van der Waals surface area contributed by atoms with Crippen molar-refractivity contribution in [1.29, 1.82) is 0 Å². The summed E-state index contributed by atoms with van der Waals surface area (Å²) in [7, 11) is 1.39. The number of hydrogen-bond acceptors (Lipinski definition) is 8. The van der Waals surface area contributed by atoms with Gasteiger partial charge >= 0.3 is 5.69 Å². The average molecular weight is 500 g/mol. The van der Waals surface area contributed by atoms with Crippen molar-refractivity contribution in [3.8, 4) is 17.2 Å². The average Bonchev–Trinajstić information content (AvgIpc) is 2.89. The van der Waals surface area contributed by atoms with Gasteiger partial charge < -0.3 is 9.47 Å². The molecule has 37 heavy (non-hydrogen) atoms. The van der Waals surface area contributed by atoms with E-state index in [1.54, 1.807) is 12.1 Å². The Balaban J connectivity index is 1.45. The number of carbonyl (C=O) groups excluding carboxylic acids is 1. The van der Waals surface area contributed by atoms with E-state index in [-0.39, 0.29) is 29.6 Å². The Hall–Kier alpha value is -5.32. The predicted molar refractivity (Wildman–Crippen MR) is 136 cm³/mol. The second-order valence-corrected chi connectivity index (χ2v) is 7.79. The van der Waals surface area contributed by atoms with Gasteiger partial charge in [-0.3, -0.25) is 25.0 Å². The fraction of sp³-hybridized carbons (Fsp3) is 0.0769. The lowest BCUT2D eigenvalue weighted by molar-refractivity contribution is -0.394. The number of carbonyl (C=O) groups is 1. The van der Waals surface area contributed by atoms with Crippen molar-refractivity contribution in [1.82, 2.24) is 5.43 Å². The number of nitrogens with zero attached hydrogens (tertiary/aromatic N) is 3. The maximum Gasteiger partial charge on any atom is 0.318 e. The smallest absolute Gasteiger partial charge is 0.318 e. The summed E-state index contributed by atoms with van der Waals surface area (Å²) in [5.74, 6) is -0.0868. The van der Waals surface area contributed by atoms with Gasteiger partial charge in [0.1, 0.15) is 0 Å². The summed E-state index contributed by atoms with van der Waals surface area (Å²) in [6.07, 6.45) is 1.57. The van der Waals surface area contributed by atoms with Crippen molar-refractivity contribution in [2.24, 2.45) is 5.10 Å². The summed E-state index contributed by atoms with van der Waals surface area (Å²) in [5, 5.41) is 28.3. The molecule has 0 unspecified atom stereocenters. The first-order valence-electron chi connectivity index (χ1n) is 10.9. The van der Waals surface area contributed by atoms with Crippen LogP contribution in [0.2, 0.25) is 0 Å². The molecule has 0 radical (unpaired) electrons. The number of fused-ring (bicyclic) bond motifs is 1. The highest BCUT2D eigenvalue weighted by Gasteiger charge is 2.22. The first-order valence-corrected chi connectivity index (χ1v) is 10.9. The highest BCUT2D eigenvalue weighted by Crippen LogP contribution is 2.38. The zero-order valence-electron chi connectivity index (χ0n) is 19.5. The van der Waals surface area contributed by atoms with Gasteiger partial charge in [-0.1, -0.05) is 42.5 Å². The number of nitro benzene ring substituents is 2. The van der Waals surface area contributed by atoms with Crippen LogP contribution in [0.1, 0.15) is 11.1 Å². The zero-order chi connectivity index (χ0) is 26.4. The number of nitrogens with one attached hydrogen (secondary N) is 1. The summed E-state index contributed by atoms with van der Waals surface area (Å²) >= 11 is 0. The number of nitro groups is 2. The molecule has 11 heteroatoms. The van der Waals surface area contributed by atoms with Gasteiger partial charge in [-0.2, -0.15) is 5.10 Å². The minimum absolute atomic E-state index is 0.150. The second-order valence-electron chi connectivity index (χ2n) is 7.79. The number of methoxy groups -OCH3 is 1. The second kappa shape index (κ2) is 11.0. The molecule has 0 spiro atoms. The molecule has 0 aliphatic carbocycles. The lowest BCUT2D eigenvalue weighted by atomic mass is 10.0. The molecule has 1 N–H and O–H groups in total. The molecule has 0 saturated carbocycles. The molecule has 1 amide bonds. The number of benzene rings is 4. The maximum atomic E-state index is 12.4. The van der Waals surface area contributed by atoms with E-state index in [1.165, 1.54) is 19.4 Å². The van der Waals surface area contributed by atoms with Crippen LogP contribution in [-0.4, -0.2) is 29.1 Å². The van der Waals surface area contributed by atoms with Crippen LogP contribution in [0.3, 0.4) is 0 Å². The standard InChI is InChI=1S/C26H20N4O7/c1-36-25-13-17(9-11-24(25)37-23-12-10-20(29(32)33)15-22(23)30(34)35)16-27-28-26(31)14-19-7-4-6-18-5-2-3-8-21(18)19/h2-13,15-16H,14H2,1H3,(H,28,31)/b27-16+. The minimum atomic E-state index is -0.767. The van der Waals surface area contributed by atoms with Gasteiger partial charge in [-0.05, 0) is 46.2 Å². The Bertz CT molecular complexity index is 1530. The highest BCUT2D eigenvalue weighted by atomic mass is 16.6. The molecule has 4 rings (SSSR count). The van der Waals surface area contributed by atoms with Crippen LogP contribution in [0.4, 0.5) is 11.4 Å². The molecule has 4 aromatic carbocycles. The molecular formula is C26H20N4O7. The number of amides is 1. The van der Waals surface area contributed by atoms with Gasteiger partial charge in [0.15, 0.2) is 11.5 Å². The van der Waals surface area contributed by atoms with E-state index in [9.17, 15) is 25.0 Å². The van der Waals surface area contributed by atoms with Crippen LogP contribution >= 0.6 is 0 Å². The summed E-state index contributed by atoms with van der Waals surface area (Å²) in [5.41, 5.74) is 2.96. The van der Waals surface area contributed by atoms with Crippen LogP contribution in [0.5, 0.6) is 17.2 Å². The molecule has 4 aromatic rings. The Labute approximate surface area is 210 Å². The third kappa shape index (κ3) is 5.85.